The van der Waals surface area contributed by atoms with Crippen molar-refractivity contribution in [3.8, 4) is 5.75 Å². The zero-order valence-corrected chi connectivity index (χ0v) is 19.1. The summed E-state index contributed by atoms with van der Waals surface area (Å²) in [6.45, 7) is 0. The number of amides is 1. The van der Waals surface area contributed by atoms with E-state index in [0.29, 0.717) is 10.4 Å². The average Bonchev–Trinajstić information content (AvgIpc) is 3.57. The Balaban J connectivity index is 1.61. The van der Waals surface area contributed by atoms with Crippen LogP contribution in [0.3, 0.4) is 0 Å². The third-order valence-electron chi connectivity index (χ3n) is 5.73. The number of aliphatic hydroxyl groups is 1. The van der Waals surface area contributed by atoms with Gasteiger partial charge >= 0.3 is 6.18 Å². The number of benzene rings is 2. The van der Waals surface area contributed by atoms with E-state index in [9.17, 15) is 27.9 Å². The molecule has 2 aromatic carbocycles. The highest BCUT2D eigenvalue weighted by Crippen LogP contribution is 2.43. The molecule has 1 amide bonds. The number of ether oxygens (including phenoxy) is 1. The van der Waals surface area contributed by atoms with Gasteiger partial charge in [-0.2, -0.15) is 13.2 Å². The number of methoxy groups -OCH3 is 1. The van der Waals surface area contributed by atoms with Gasteiger partial charge in [0.25, 0.3) is 5.91 Å². The molecule has 2 aromatic heterocycles. The first-order valence-electron chi connectivity index (χ1n) is 10.4. The number of fused-ring (bicyclic) bond motifs is 1. The van der Waals surface area contributed by atoms with Gasteiger partial charge in [0.2, 0.25) is 5.78 Å². The fraction of sp³-hybridized carbons (Fsp3) is 0.120. The Morgan fingerprint density at radius 2 is 1.86 bits per heavy atom. The van der Waals surface area contributed by atoms with Crippen LogP contribution in [0.1, 0.15) is 27.9 Å². The van der Waals surface area contributed by atoms with Crippen molar-refractivity contribution in [1.82, 2.24) is 0 Å². The molecule has 1 unspecified atom stereocenters. The Bertz CT molecular complexity index is 1520. The number of alkyl halides is 3. The smallest absolute Gasteiger partial charge is 0.416 e. The summed E-state index contributed by atoms with van der Waals surface area (Å²) in [6.07, 6.45) is -3.28. The fourth-order valence-electron chi connectivity index (χ4n) is 4.11. The molecule has 0 radical (unpaired) electrons. The van der Waals surface area contributed by atoms with Crippen LogP contribution in [0.4, 0.5) is 18.9 Å². The largest absolute Gasteiger partial charge is 0.503 e. The summed E-state index contributed by atoms with van der Waals surface area (Å²) in [5, 5.41) is 11.5. The van der Waals surface area contributed by atoms with E-state index in [-0.39, 0.29) is 34.1 Å². The zero-order chi connectivity index (χ0) is 25.8. The molecule has 1 atom stereocenters. The quantitative estimate of drug-likeness (QED) is 0.304. The van der Waals surface area contributed by atoms with Crippen LogP contribution in [-0.2, 0) is 11.0 Å². The summed E-state index contributed by atoms with van der Waals surface area (Å²) in [5.74, 6) is -2.54. The summed E-state index contributed by atoms with van der Waals surface area (Å²) >= 11 is 6.09. The summed E-state index contributed by atoms with van der Waals surface area (Å²) in [5.41, 5.74) is -1.04. The minimum atomic E-state index is -4.58. The van der Waals surface area contributed by atoms with Crippen molar-refractivity contribution in [1.29, 1.82) is 0 Å². The molecule has 3 heterocycles. The van der Waals surface area contributed by atoms with Crippen LogP contribution < -0.4 is 9.64 Å². The molecule has 4 aromatic rings. The lowest BCUT2D eigenvalue weighted by molar-refractivity contribution is -0.137. The molecule has 7 nitrogen and oxygen atoms in total. The highest BCUT2D eigenvalue weighted by atomic mass is 35.5. The number of nitrogens with zero attached hydrogens (tertiary/aromatic N) is 1. The van der Waals surface area contributed by atoms with Gasteiger partial charge in [0, 0.05) is 22.2 Å². The first-order chi connectivity index (χ1) is 17.1. The van der Waals surface area contributed by atoms with Crippen molar-refractivity contribution >= 4 is 39.9 Å². The van der Waals surface area contributed by atoms with E-state index in [1.807, 2.05) is 0 Å². The number of hydrogen-bond acceptors (Lipinski definition) is 6. The van der Waals surface area contributed by atoms with E-state index < -0.39 is 35.2 Å². The van der Waals surface area contributed by atoms with Crippen molar-refractivity contribution < 1.29 is 41.4 Å². The molecule has 11 heteroatoms. The van der Waals surface area contributed by atoms with Crippen molar-refractivity contribution in [3.63, 3.8) is 0 Å². The van der Waals surface area contributed by atoms with Gasteiger partial charge in [-0.15, -0.1) is 0 Å². The number of Topliss-reactive ketones (excluding diaryl/α,β-unsaturated/α-hetero) is 1. The minimum absolute atomic E-state index is 0.0156. The molecule has 5 rings (SSSR count). The number of carbonyl (C=O) groups excluding carboxylic acids is 2. The Hall–Kier alpha value is -4.18. The van der Waals surface area contributed by atoms with E-state index in [0.717, 1.165) is 29.2 Å². The van der Waals surface area contributed by atoms with E-state index in [2.05, 4.69) is 0 Å². The Kier molecular flexibility index (Phi) is 5.55. The monoisotopic (exact) mass is 517 g/mol. The molecule has 36 heavy (non-hydrogen) atoms. The van der Waals surface area contributed by atoms with Crippen molar-refractivity contribution in [2.75, 3.05) is 12.0 Å². The number of carbonyl (C=O) groups is 2. The number of anilines is 1. The first kappa shape index (κ1) is 23.6. The lowest BCUT2D eigenvalue weighted by Gasteiger charge is -2.25. The molecule has 1 aliphatic rings. The second-order valence-electron chi connectivity index (χ2n) is 7.87. The lowest BCUT2D eigenvalue weighted by Crippen LogP contribution is -2.30. The highest BCUT2D eigenvalue weighted by Gasteiger charge is 2.47. The highest BCUT2D eigenvalue weighted by molar-refractivity contribution is 6.31. The summed E-state index contributed by atoms with van der Waals surface area (Å²) in [6, 6.07) is 9.89. The van der Waals surface area contributed by atoms with Crippen LogP contribution >= 0.6 is 11.6 Å². The standard InChI is InChI=1S/C25H15ClF3NO6/c1-34-18-11-14(26)9-12-10-17(36-23(12)18)21(31)19-20(16-3-2-8-35-16)30(24(33)22(19)32)15-6-4-13(5-7-15)25(27,28)29/h2-11,20,32H,1H3. The van der Waals surface area contributed by atoms with Gasteiger partial charge in [0.15, 0.2) is 22.9 Å². The first-order valence-corrected chi connectivity index (χ1v) is 10.8. The third-order valence-corrected chi connectivity index (χ3v) is 5.95. The van der Waals surface area contributed by atoms with Crippen LogP contribution in [0.2, 0.25) is 5.02 Å². The molecule has 0 fully saturated rings. The van der Waals surface area contributed by atoms with Crippen molar-refractivity contribution in [2.45, 2.75) is 12.2 Å². The predicted molar refractivity (Wildman–Crippen MR) is 122 cm³/mol. The van der Waals surface area contributed by atoms with Gasteiger partial charge in [-0.1, -0.05) is 11.6 Å². The van der Waals surface area contributed by atoms with Crippen LogP contribution in [0.25, 0.3) is 11.0 Å². The van der Waals surface area contributed by atoms with Gasteiger partial charge in [-0.3, -0.25) is 14.5 Å². The number of rotatable bonds is 5. The maximum atomic E-state index is 13.6. The van der Waals surface area contributed by atoms with E-state index in [1.165, 1.54) is 37.6 Å². The van der Waals surface area contributed by atoms with Crippen LogP contribution in [-0.4, -0.2) is 23.9 Å². The molecule has 0 spiro atoms. The van der Waals surface area contributed by atoms with Crippen molar-refractivity contribution in [2.24, 2.45) is 0 Å². The number of hydrogen-bond donors (Lipinski definition) is 1. The molecule has 0 bridgehead atoms. The second-order valence-corrected chi connectivity index (χ2v) is 8.30. The normalized spacial score (nSPS) is 16.3. The van der Waals surface area contributed by atoms with Gasteiger partial charge in [-0.05, 0) is 48.5 Å². The van der Waals surface area contributed by atoms with E-state index in [4.69, 9.17) is 25.2 Å². The van der Waals surface area contributed by atoms with Gasteiger partial charge in [0.05, 0.1) is 24.5 Å². The maximum absolute atomic E-state index is 13.6. The molecule has 0 saturated carbocycles. The van der Waals surface area contributed by atoms with Gasteiger partial charge in [-0.25, -0.2) is 0 Å². The van der Waals surface area contributed by atoms with Crippen molar-refractivity contribution in [3.05, 3.63) is 94.3 Å². The third kappa shape index (κ3) is 3.79. The second kappa shape index (κ2) is 8.49. The summed E-state index contributed by atoms with van der Waals surface area (Å²) in [4.78, 5) is 27.6. The average molecular weight is 518 g/mol. The van der Waals surface area contributed by atoms with Gasteiger partial charge in [0.1, 0.15) is 11.8 Å². The van der Waals surface area contributed by atoms with E-state index >= 15 is 0 Å². The molecule has 0 aliphatic carbocycles. The Morgan fingerprint density at radius 3 is 2.47 bits per heavy atom. The topological polar surface area (TPSA) is 93.1 Å². The molecule has 184 valence electrons. The maximum Gasteiger partial charge on any atom is 0.416 e. The predicted octanol–water partition coefficient (Wildman–Crippen LogP) is 6.49. The number of halogens is 4. The molecular formula is C25H15ClF3NO6. The molecular weight excluding hydrogens is 503 g/mol. The minimum Gasteiger partial charge on any atom is -0.503 e. The van der Waals surface area contributed by atoms with Crippen LogP contribution in [0, 0.1) is 0 Å². The lowest BCUT2D eigenvalue weighted by atomic mass is 9.99. The number of furan rings is 2. The molecule has 1 N–H and O–H groups in total. The number of aliphatic hydroxyl groups excluding tert-OH is 1. The molecule has 0 saturated heterocycles. The number of ketones is 1. The Morgan fingerprint density at radius 1 is 1.14 bits per heavy atom. The Labute approximate surface area is 205 Å². The van der Waals surface area contributed by atoms with E-state index in [1.54, 1.807) is 6.07 Å². The van der Waals surface area contributed by atoms with Gasteiger partial charge < -0.3 is 18.7 Å². The summed E-state index contributed by atoms with van der Waals surface area (Å²) in [7, 11) is 1.40. The molecule has 1 aliphatic heterocycles. The van der Waals surface area contributed by atoms with Crippen LogP contribution in [0.5, 0.6) is 5.75 Å². The summed E-state index contributed by atoms with van der Waals surface area (Å²) < 4.78 is 55.5. The zero-order valence-electron chi connectivity index (χ0n) is 18.3. The fourth-order valence-corrected chi connectivity index (χ4v) is 4.33. The SMILES string of the molecule is COc1cc(Cl)cc2cc(C(=O)C3=C(O)C(=O)N(c4ccc(C(F)(F)F)cc4)C3c3ccco3)oc12. The van der Waals surface area contributed by atoms with Crippen LogP contribution in [0.15, 0.2) is 81.0 Å².